The van der Waals surface area contributed by atoms with Gasteiger partial charge in [-0.2, -0.15) is 9.97 Å². The molecule has 3 aromatic carbocycles. The van der Waals surface area contributed by atoms with Crippen molar-refractivity contribution in [1.82, 2.24) is 35.4 Å². The Hall–Kier alpha value is -5.65. The number of nitrogens with zero attached hydrogens (tertiary/aromatic N) is 7. The van der Waals surface area contributed by atoms with Crippen LogP contribution in [0.25, 0.3) is 32.9 Å². The summed E-state index contributed by atoms with van der Waals surface area (Å²) in [5, 5.41) is 18.2. The molecule has 3 atom stereocenters. The lowest BCUT2D eigenvalue weighted by atomic mass is 9.70. The summed E-state index contributed by atoms with van der Waals surface area (Å²) in [5.74, 6) is -4.12. The van der Waals surface area contributed by atoms with Crippen LogP contribution in [0.15, 0.2) is 42.6 Å². The van der Waals surface area contributed by atoms with Crippen LogP contribution in [0.4, 0.5) is 29.1 Å². The molecule has 7 fully saturated rings. The maximum absolute atomic E-state index is 17.2. The molecule has 6 aliphatic heterocycles. The molecule has 12 rings (SSSR count). The molecule has 5 aromatic rings. The Kier molecular flexibility index (Phi) is 11.4. The Labute approximate surface area is 404 Å². The van der Waals surface area contributed by atoms with E-state index in [-0.39, 0.29) is 52.2 Å². The number of rotatable bonds is 11. The van der Waals surface area contributed by atoms with Gasteiger partial charge in [0.1, 0.15) is 40.2 Å². The van der Waals surface area contributed by atoms with Gasteiger partial charge >= 0.3 is 6.01 Å². The SMILES string of the molecule is CCc1c(F)ccc2cc(O)cc(-c3ncc4c(N5CC6CCC(C5)N6)nc(OCC5(CN6CCC(N7CC8(CCN(c9cc(F)c(C%10CCC(=O)NC%10=O)c(F)c9)CC8)C7)CC6)CC5)nc4c3F)c12. The van der Waals surface area contributed by atoms with Gasteiger partial charge in [-0.3, -0.25) is 24.8 Å². The van der Waals surface area contributed by atoms with Crippen molar-refractivity contribution in [3.05, 3.63) is 77.0 Å². The Balaban J connectivity index is 0.689. The molecule has 3 N–H and O–H groups in total. The van der Waals surface area contributed by atoms with Gasteiger partial charge in [-0.25, -0.2) is 17.6 Å². The quantitative estimate of drug-likeness (QED) is 0.0902. The van der Waals surface area contributed by atoms with Gasteiger partial charge in [0.2, 0.25) is 11.8 Å². The highest BCUT2D eigenvalue weighted by molar-refractivity contribution is 6.02. The van der Waals surface area contributed by atoms with Gasteiger partial charge in [0, 0.05) is 98.8 Å². The number of ether oxygens (including phenoxy) is 1. The van der Waals surface area contributed by atoms with Crippen molar-refractivity contribution in [3.8, 4) is 23.0 Å². The lowest BCUT2D eigenvalue weighted by Gasteiger charge is -2.57. The maximum Gasteiger partial charge on any atom is 0.319 e. The van der Waals surface area contributed by atoms with Crippen LogP contribution in [0, 0.1) is 34.1 Å². The first-order valence-corrected chi connectivity index (χ1v) is 25.3. The number of likely N-dealkylation sites (tertiary alicyclic amines) is 2. The molecule has 1 spiro atoms. The van der Waals surface area contributed by atoms with Crippen LogP contribution in [0.2, 0.25) is 0 Å². The Morgan fingerprint density at radius 1 is 0.843 bits per heavy atom. The summed E-state index contributed by atoms with van der Waals surface area (Å²) in [5.41, 5.74) is 1.18. The number of halogens is 4. The van der Waals surface area contributed by atoms with E-state index in [1.165, 1.54) is 24.3 Å². The third kappa shape index (κ3) is 8.28. The van der Waals surface area contributed by atoms with Gasteiger partial charge < -0.3 is 29.9 Å². The lowest BCUT2D eigenvalue weighted by Crippen LogP contribution is -2.64. The van der Waals surface area contributed by atoms with E-state index in [1.54, 1.807) is 18.3 Å². The molecule has 2 bridgehead atoms. The molecule has 13 nitrogen and oxygen atoms in total. The third-order valence-electron chi connectivity index (χ3n) is 16.9. The van der Waals surface area contributed by atoms with Crippen molar-refractivity contribution in [2.75, 3.05) is 75.3 Å². The number of phenolic OH excluding ortho intramolecular Hbond substituents is 1. The molecule has 368 valence electrons. The van der Waals surface area contributed by atoms with Gasteiger partial charge in [0.05, 0.1) is 17.9 Å². The molecule has 1 aliphatic carbocycles. The van der Waals surface area contributed by atoms with E-state index in [4.69, 9.17) is 14.7 Å². The number of hydrogen-bond acceptors (Lipinski definition) is 12. The Morgan fingerprint density at radius 2 is 1.57 bits per heavy atom. The maximum atomic E-state index is 17.2. The number of piperidine rings is 3. The fourth-order valence-electron chi connectivity index (χ4n) is 12.9. The monoisotopic (exact) mass is 961 g/mol. The fourth-order valence-corrected chi connectivity index (χ4v) is 12.9. The molecule has 3 unspecified atom stereocenters. The zero-order chi connectivity index (χ0) is 48.1. The van der Waals surface area contributed by atoms with Crippen molar-refractivity contribution in [2.24, 2.45) is 10.8 Å². The zero-order valence-electron chi connectivity index (χ0n) is 39.5. The first-order valence-electron chi connectivity index (χ1n) is 25.3. The summed E-state index contributed by atoms with van der Waals surface area (Å²) in [6.45, 7) is 10.1. The number of hydrogen-bond donors (Lipinski definition) is 3. The number of fused-ring (bicyclic) bond motifs is 4. The highest BCUT2D eigenvalue weighted by Crippen LogP contribution is 2.49. The Morgan fingerprint density at radius 3 is 2.26 bits per heavy atom. The van der Waals surface area contributed by atoms with Crippen LogP contribution in [0.5, 0.6) is 11.8 Å². The van der Waals surface area contributed by atoms with Crippen LogP contribution in [0.1, 0.15) is 88.2 Å². The van der Waals surface area contributed by atoms with Crippen LogP contribution < -0.4 is 25.2 Å². The van der Waals surface area contributed by atoms with Crippen LogP contribution >= 0.6 is 0 Å². The molecule has 6 saturated heterocycles. The Bertz CT molecular complexity index is 2880. The minimum absolute atomic E-state index is 0.0196. The van der Waals surface area contributed by atoms with Crippen molar-refractivity contribution in [2.45, 2.75) is 102 Å². The summed E-state index contributed by atoms with van der Waals surface area (Å²) < 4.78 is 69.5. The molecule has 7 aliphatic rings. The van der Waals surface area contributed by atoms with Crippen molar-refractivity contribution < 1.29 is 37.0 Å². The number of nitrogens with one attached hydrogen (secondary N) is 2. The number of aromatic hydroxyl groups is 1. The largest absolute Gasteiger partial charge is 0.508 e. The molecular weight excluding hydrogens is 903 g/mol. The smallest absolute Gasteiger partial charge is 0.319 e. The molecule has 2 amide bonds. The summed E-state index contributed by atoms with van der Waals surface area (Å²) in [6, 6.07) is 9.89. The number of anilines is 2. The second kappa shape index (κ2) is 17.6. The van der Waals surface area contributed by atoms with E-state index in [2.05, 4.69) is 30.3 Å². The van der Waals surface area contributed by atoms with Crippen molar-refractivity contribution >= 4 is 45.0 Å². The predicted octanol–water partition coefficient (Wildman–Crippen LogP) is 7.36. The number of benzene rings is 3. The predicted molar refractivity (Wildman–Crippen MR) is 257 cm³/mol. The molecule has 8 heterocycles. The van der Waals surface area contributed by atoms with E-state index >= 15 is 17.6 Å². The van der Waals surface area contributed by atoms with Crippen LogP contribution in [-0.2, 0) is 16.0 Å². The van der Waals surface area contributed by atoms with E-state index in [0.29, 0.717) is 83.0 Å². The van der Waals surface area contributed by atoms with E-state index in [9.17, 15) is 14.7 Å². The minimum Gasteiger partial charge on any atom is -0.508 e. The minimum atomic E-state index is -1.01. The fraction of sp³-hybridized carbons (Fsp3) is 0.528. The van der Waals surface area contributed by atoms with Gasteiger partial charge in [-0.15, -0.1) is 0 Å². The van der Waals surface area contributed by atoms with E-state index in [0.717, 1.165) is 97.2 Å². The van der Waals surface area contributed by atoms with E-state index < -0.39 is 41.0 Å². The third-order valence-corrected chi connectivity index (χ3v) is 16.9. The summed E-state index contributed by atoms with van der Waals surface area (Å²) in [4.78, 5) is 47.7. The first-order chi connectivity index (χ1) is 33.8. The number of pyridine rings is 1. The number of carbonyl (C=O) groups excluding carboxylic acids is 2. The van der Waals surface area contributed by atoms with E-state index in [1.807, 2.05) is 11.8 Å². The molecule has 1 saturated carbocycles. The number of aryl methyl sites for hydroxylation is 1. The van der Waals surface area contributed by atoms with Gasteiger partial charge in [0.25, 0.3) is 0 Å². The standard InChI is InChI=1S/C53H59F4N9O4/c1-2-36-40(54)7-3-30-19-35(67)22-38(44(30)36)47-46(57)48-39(23-58-47)49(65-24-31-4-5-32(25-65)59-31)62-51(61-48)70-29-53(11-12-53)26-63-15-9-33(10-16-63)66-27-52(28-66)13-17-64(18-14-52)34-20-41(55)45(42(56)21-34)37-6-8-43(68)60-50(37)69/h3,7,19-23,31-33,37,59,67H,2,4-6,8-18,24-29H2,1H3,(H,60,68,69). The number of imide groups is 1. The highest BCUT2D eigenvalue weighted by atomic mass is 19.1. The summed E-state index contributed by atoms with van der Waals surface area (Å²) in [7, 11) is 0. The zero-order valence-corrected chi connectivity index (χ0v) is 39.5. The summed E-state index contributed by atoms with van der Waals surface area (Å²) in [6.07, 6.45) is 10.3. The molecule has 17 heteroatoms. The van der Waals surface area contributed by atoms with Crippen molar-refractivity contribution in [3.63, 3.8) is 0 Å². The molecule has 2 aromatic heterocycles. The second-order valence-electron chi connectivity index (χ2n) is 21.5. The number of piperazine rings is 1. The average Bonchev–Trinajstić information content (AvgIpc) is 4.02. The molecule has 70 heavy (non-hydrogen) atoms. The summed E-state index contributed by atoms with van der Waals surface area (Å²) >= 11 is 0. The van der Waals surface area contributed by atoms with Crippen molar-refractivity contribution in [1.29, 1.82) is 0 Å². The topological polar surface area (TPSA) is 139 Å². The van der Waals surface area contributed by atoms with Gasteiger partial charge in [-0.1, -0.05) is 13.0 Å². The second-order valence-corrected chi connectivity index (χ2v) is 21.5. The van der Waals surface area contributed by atoms with Crippen LogP contribution in [-0.4, -0.2) is 125 Å². The number of phenols is 1. The highest BCUT2D eigenvalue weighted by Gasteiger charge is 2.49. The number of carbonyl (C=O) groups is 2. The van der Waals surface area contributed by atoms with Gasteiger partial charge in [-0.05, 0) is 129 Å². The van der Waals surface area contributed by atoms with Gasteiger partial charge in [0.15, 0.2) is 5.82 Å². The number of aromatic nitrogens is 3. The number of amides is 2. The normalized spacial score (nSPS) is 24.7. The lowest BCUT2D eigenvalue weighted by molar-refractivity contribution is -0.134. The molecular formula is C53H59F4N9O4. The average molecular weight is 962 g/mol. The molecule has 0 radical (unpaired) electrons. The first kappa shape index (κ1) is 45.5. The van der Waals surface area contributed by atoms with Crippen LogP contribution in [0.3, 0.4) is 0 Å².